The summed E-state index contributed by atoms with van der Waals surface area (Å²) in [6, 6.07) is 5.98. The molecule has 0 unspecified atom stereocenters. The zero-order chi connectivity index (χ0) is 13.9. The first kappa shape index (κ1) is 13.5. The minimum Gasteiger partial charge on any atom is -0.399 e. The molecule has 3 heteroatoms. The molecule has 20 heavy (non-hydrogen) atoms. The minimum absolute atomic E-state index is 0.295. The van der Waals surface area contributed by atoms with Crippen LogP contribution in [0.25, 0.3) is 0 Å². The van der Waals surface area contributed by atoms with E-state index in [-0.39, 0.29) is 0 Å². The van der Waals surface area contributed by atoms with Gasteiger partial charge in [-0.2, -0.15) is 0 Å². The number of aryl methyl sites for hydroxylation is 1. The number of hydrogen-bond donors (Lipinski definition) is 1. The monoisotopic (exact) mass is 272 g/mol. The normalized spacial score (nSPS) is 19.7. The summed E-state index contributed by atoms with van der Waals surface area (Å²) in [5.74, 6) is 0.895. The lowest BCUT2D eigenvalue weighted by Crippen LogP contribution is -2.36. The number of hydrogen-bond acceptors (Lipinski definition) is 2. The molecule has 1 aliphatic carbocycles. The first-order chi connectivity index (χ1) is 9.74. The summed E-state index contributed by atoms with van der Waals surface area (Å²) in [4.78, 5) is 14.6. The largest absolute Gasteiger partial charge is 0.399 e. The number of fused-ring (bicyclic) bond motifs is 1. The summed E-state index contributed by atoms with van der Waals surface area (Å²) < 4.78 is 0. The number of nitrogens with zero attached hydrogens (tertiary/aromatic N) is 1. The maximum atomic E-state index is 12.6. The van der Waals surface area contributed by atoms with Crippen molar-refractivity contribution in [2.75, 3.05) is 17.2 Å². The molecule has 3 rings (SSSR count). The average molecular weight is 272 g/mol. The highest BCUT2D eigenvalue weighted by Crippen LogP contribution is 2.32. The van der Waals surface area contributed by atoms with Crippen LogP contribution >= 0.6 is 0 Å². The van der Waals surface area contributed by atoms with Gasteiger partial charge in [0.25, 0.3) is 0 Å². The van der Waals surface area contributed by atoms with Crippen LogP contribution in [0.4, 0.5) is 11.4 Å². The Morgan fingerprint density at radius 2 is 2.00 bits per heavy atom. The van der Waals surface area contributed by atoms with Crippen LogP contribution in [-0.4, -0.2) is 12.5 Å². The molecule has 0 atom stereocenters. The number of carbonyl (C=O) groups excluding carboxylic acids is 1. The van der Waals surface area contributed by atoms with Gasteiger partial charge in [0.2, 0.25) is 5.91 Å². The maximum absolute atomic E-state index is 12.6. The van der Waals surface area contributed by atoms with Gasteiger partial charge in [-0.1, -0.05) is 25.3 Å². The van der Waals surface area contributed by atoms with Crippen LogP contribution in [0, 0.1) is 5.92 Å². The van der Waals surface area contributed by atoms with Gasteiger partial charge in [-0.05, 0) is 49.3 Å². The summed E-state index contributed by atoms with van der Waals surface area (Å²) in [6.45, 7) is 0.849. The summed E-state index contributed by atoms with van der Waals surface area (Å²) >= 11 is 0. The summed E-state index contributed by atoms with van der Waals surface area (Å²) in [7, 11) is 0. The lowest BCUT2D eigenvalue weighted by Gasteiger charge is -2.31. The molecule has 1 aromatic carbocycles. The average Bonchev–Trinajstić information content (AvgIpc) is 2.47. The Bertz CT molecular complexity index is 492. The van der Waals surface area contributed by atoms with Crippen LogP contribution in [0.5, 0.6) is 0 Å². The molecule has 1 aliphatic heterocycles. The Balaban J connectivity index is 1.74. The Labute approximate surface area is 121 Å². The first-order valence-corrected chi connectivity index (χ1v) is 7.93. The number of carbonyl (C=O) groups is 1. The molecule has 108 valence electrons. The molecule has 3 nitrogen and oxygen atoms in total. The van der Waals surface area contributed by atoms with Crippen LogP contribution in [0.2, 0.25) is 0 Å². The van der Waals surface area contributed by atoms with Gasteiger partial charge in [0.15, 0.2) is 0 Å². The fourth-order valence-corrected chi connectivity index (χ4v) is 3.60. The van der Waals surface area contributed by atoms with Crippen LogP contribution in [0.15, 0.2) is 18.2 Å². The van der Waals surface area contributed by atoms with Gasteiger partial charge in [0.05, 0.1) is 0 Å². The first-order valence-electron chi connectivity index (χ1n) is 7.93. The van der Waals surface area contributed by atoms with E-state index in [0.29, 0.717) is 18.2 Å². The van der Waals surface area contributed by atoms with Crippen LogP contribution < -0.4 is 10.6 Å². The van der Waals surface area contributed by atoms with E-state index in [1.54, 1.807) is 0 Å². The number of rotatable bonds is 2. The molecule has 1 amide bonds. The van der Waals surface area contributed by atoms with Gasteiger partial charge in [-0.3, -0.25) is 4.79 Å². The highest BCUT2D eigenvalue weighted by atomic mass is 16.2. The molecule has 0 radical (unpaired) electrons. The predicted octanol–water partition coefficient (Wildman–Crippen LogP) is 3.52. The molecule has 0 bridgehead atoms. The third-order valence-corrected chi connectivity index (χ3v) is 4.72. The van der Waals surface area contributed by atoms with E-state index in [2.05, 4.69) is 6.07 Å². The number of nitrogen functional groups attached to an aromatic ring is 1. The molecular weight excluding hydrogens is 248 g/mol. The molecule has 1 saturated carbocycles. The van der Waals surface area contributed by atoms with Crippen LogP contribution in [0.3, 0.4) is 0 Å². The standard InChI is InChI=1S/C17H24N2O/c18-15-9-8-14-7-4-10-19(16(14)12-15)17(20)11-13-5-2-1-3-6-13/h8-9,12-13H,1-7,10-11,18H2. The number of anilines is 2. The molecule has 0 spiro atoms. The van der Waals surface area contributed by atoms with Gasteiger partial charge in [0, 0.05) is 24.3 Å². The lowest BCUT2D eigenvalue weighted by atomic mass is 9.86. The number of nitrogens with two attached hydrogens (primary N) is 1. The van der Waals surface area contributed by atoms with E-state index in [1.807, 2.05) is 17.0 Å². The van der Waals surface area contributed by atoms with E-state index >= 15 is 0 Å². The Morgan fingerprint density at radius 1 is 1.20 bits per heavy atom. The van der Waals surface area contributed by atoms with Crippen molar-refractivity contribution in [2.24, 2.45) is 5.92 Å². The Kier molecular flexibility index (Phi) is 3.95. The van der Waals surface area contributed by atoms with Crippen molar-refractivity contribution >= 4 is 17.3 Å². The molecule has 1 aromatic rings. The van der Waals surface area contributed by atoms with Crippen molar-refractivity contribution in [3.8, 4) is 0 Å². The fourth-order valence-electron chi connectivity index (χ4n) is 3.60. The fraction of sp³-hybridized carbons (Fsp3) is 0.588. The van der Waals surface area contributed by atoms with E-state index in [0.717, 1.165) is 30.8 Å². The Morgan fingerprint density at radius 3 is 2.80 bits per heavy atom. The Hall–Kier alpha value is -1.51. The van der Waals surface area contributed by atoms with Gasteiger partial charge in [0.1, 0.15) is 0 Å². The number of amides is 1. The predicted molar refractivity (Wildman–Crippen MR) is 82.7 cm³/mol. The smallest absolute Gasteiger partial charge is 0.227 e. The van der Waals surface area contributed by atoms with Crippen LogP contribution in [0.1, 0.15) is 50.5 Å². The van der Waals surface area contributed by atoms with Crippen molar-refractivity contribution in [2.45, 2.75) is 51.4 Å². The van der Waals surface area contributed by atoms with Crippen molar-refractivity contribution in [3.63, 3.8) is 0 Å². The maximum Gasteiger partial charge on any atom is 0.227 e. The second-order valence-electron chi connectivity index (χ2n) is 6.25. The van der Waals surface area contributed by atoms with Crippen molar-refractivity contribution in [3.05, 3.63) is 23.8 Å². The lowest BCUT2D eigenvalue weighted by molar-refractivity contribution is -0.119. The third-order valence-electron chi connectivity index (χ3n) is 4.72. The quantitative estimate of drug-likeness (QED) is 0.837. The van der Waals surface area contributed by atoms with Gasteiger partial charge in [-0.15, -0.1) is 0 Å². The molecular formula is C17H24N2O. The van der Waals surface area contributed by atoms with Crippen molar-refractivity contribution in [1.29, 1.82) is 0 Å². The zero-order valence-electron chi connectivity index (χ0n) is 12.1. The van der Waals surface area contributed by atoms with Crippen LogP contribution in [-0.2, 0) is 11.2 Å². The van der Waals surface area contributed by atoms with E-state index in [1.165, 1.54) is 37.7 Å². The zero-order valence-corrected chi connectivity index (χ0v) is 12.1. The molecule has 2 aliphatic rings. The second-order valence-corrected chi connectivity index (χ2v) is 6.25. The summed E-state index contributed by atoms with van der Waals surface area (Å²) in [6.07, 6.45) is 9.22. The SMILES string of the molecule is Nc1ccc2c(c1)N(C(=O)CC1CCCCC1)CCC2. The van der Waals surface area contributed by atoms with Crippen molar-refractivity contribution < 1.29 is 4.79 Å². The molecule has 0 aromatic heterocycles. The second kappa shape index (κ2) is 5.86. The van der Waals surface area contributed by atoms with Gasteiger partial charge < -0.3 is 10.6 Å². The molecule has 2 N–H and O–H groups in total. The number of benzene rings is 1. The minimum atomic E-state index is 0.295. The van der Waals surface area contributed by atoms with E-state index in [9.17, 15) is 4.79 Å². The van der Waals surface area contributed by atoms with Gasteiger partial charge in [-0.25, -0.2) is 0 Å². The third kappa shape index (κ3) is 2.82. The van der Waals surface area contributed by atoms with Crippen molar-refractivity contribution in [1.82, 2.24) is 0 Å². The topological polar surface area (TPSA) is 46.3 Å². The van der Waals surface area contributed by atoms with E-state index in [4.69, 9.17) is 5.73 Å². The molecule has 1 heterocycles. The van der Waals surface area contributed by atoms with E-state index < -0.39 is 0 Å². The highest BCUT2D eigenvalue weighted by Gasteiger charge is 2.25. The highest BCUT2D eigenvalue weighted by molar-refractivity contribution is 5.95. The summed E-state index contributed by atoms with van der Waals surface area (Å²) in [5.41, 5.74) is 8.96. The molecule has 0 saturated heterocycles. The summed E-state index contributed by atoms with van der Waals surface area (Å²) in [5, 5.41) is 0. The van der Waals surface area contributed by atoms with Gasteiger partial charge >= 0.3 is 0 Å². The molecule has 1 fully saturated rings.